The maximum absolute atomic E-state index is 12.4. The highest BCUT2D eigenvalue weighted by molar-refractivity contribution is 8.00. The second-order valence-electron chi connectivity index (χ2n) is 6.70. The van der Waals surface area contributed by atoms with Crippen LogP contribution in [0.25, 0.3) is 0 Å². The molecule has 0 saturated carbocycles. The van der Waals surface area contributed by atoms with Crippen molar-refractivity contribution in [3.63, 3.8) is 0 Å². The molecule has 2 aromatic carbocycles. The quantitative estimate of drug-likeness (QED) is 0.378. The Morgan fingerprint density at radius 3 is 2.45 bits per heavy atom. The van der Waals surface area contributed by atoms with Crippen LogP contribution in [-0.2, 0) is 24.3 Å². The minimum absolute atomic E-state index is 0.0116. The van der Waals surface area contributed by atoms with Crippen LogP contribution < -0.4 is 15.8 Å². The lowest BCUT2D eigenvalue weighted by Crippen LogP contribution is -2.31. The summed E-state index contributed by atoms with van der Waals surface area (Å²) in [6.45, 7) is 3.12. The van der Waals surface area contributed by atoms with Gasteiger partial charge in [0.15, 0.2) is 6.61 Å². The van der Waals surface area contributed by atoms with Gasteiger partial charge in [0.2, 0.25) is 15.9 Å². The molecule has 0 radical (unpaired) electrons. The number of nitrogens with two attached hydrogens (primary N) is 1. The lowest BCUT2D eigenvalue weighted by atomic mass is 10.2. The van der Waals surface area contributed by atoms with E-state index >= 15 is 0 Å². The summed E-state index contributed by atoms with van der Waals surface area (Å²) in [6, 6.07) is 12.0. The number of esters is 1. The largest absolute Gasteiger partial charge is 0.452 e. The Labute approximate surface area is 184 Å². The first-order valence-corrected chi connectivity index (χ1v) is 11.7. The van der Waals surface area contributed by atoms with Gasteiger partial charge in [-0.1, -0.05) is 18.2 Å². The van der Waals surface area contributed by atoms with Crippen molar-refractivity contribution >= 4 is 45.3 Å². The van der Waals surface area contributed by atoms with Crippen molar-refractivity contribution in [2.45, 2.75) is 29.7 Å². The number of carbonyl (C=O) groups excluding carboxylic acids is 3. The second-order valence-corrected chi connectivity index (χ2v) is 9.28. The number of hydrogen-bond donors (Lipinski definition) is 3. The van der Waals surface area contributed by atoms with E-state index < -0.39 is 28.5 Å². The Kier molecular flexibility index (Phi) is 8.60. The fraction of sp³-hybridized carbons (Fsp3) is 0.250. The molecule has 4 N–H and O–H groups in total. The molecule has 0 unspecified atom stereocenters. The molecule has 2 aromatic rings. The van der Waals surface area contributed by atoms with E-state index in [2.05, 4.69) is 10.6 Å². The van der Waals surface area contributed by atoms with Crippen LogP contribution in [0.1, 0.15) is 24.2 Å². The fourth-order valence-corrected chi connectivity index (χ4v) is 3.84. The SMILES string of the molecule is CC(C)NC(=O)CSc1ccccc1C(=O)OCC(=O)Nc1cccc(S(N)(=O)=O)c1. The van der Waals surface area contributed by atoms with E-state index in [0.29, 0.717) is 4.90 Å². The molecule has 0 spiro atoms. The Balaban J connectivity index is 1.95. The van der Waals surface area contributed by atoms with Crippen molar-refractivity contribution in [2.75, 3.05) is 17.7 Å². The predicted molar refractivity (Wildman–Crippen MR) is 117 cm³/mol. The average molecular weight is 466 g/mol. The van der Waals surface area contributed by atoms with Gasteiger partial charge in [-0.3, -0.25) is 9.59 Å². The number of hydrogen-bond acceptors (Lipinski definition) is 7. The zero-order valence-corrected chi connectivity index (χ0v) is 18.6. The topological polar surface area (TPSA) is 145 Å². The number of amides is 2. The van der Waals surface area contributed by atoms with E-state index in [-0.39, 0.29) is 33.8 Å². The molecule has 11 heteroatoms. The van der Waals surface area contributed by atoms with Gasteiger partial charge < -0.3 is 15.4 Å². The number of carbonyl (C=O) groups is 3. The number of primary sulfonamides is 1. The summed E-state index contributed by atoms with van der Waals surface area (Å²) in [4.78, 5) is 36.7. The third kappa shape index (κ3) is 8.04. The Morgan fingerprint density at radius 1 is 1.06 bits per heavy atom. The number of thioether (sulfide) groups is 1. The van der Waals surface area contributed by atoms with Crippen LogP contribution in [0.4, 0.5) is 5.69 Å². The fourth-order valence-electron chi connectivity index (χ4n) is 2.42. The molecule has 9 nitrogen and oxygen atoms in total. The minimum atomic E-state index is -3.91. The van der Waals surface area contributed by atoms with Gasteiger partial charge >= 0.3 is 5.97 Å². The highest BCUT2D eigenvalue weighted by atomic mass is 32.2. The van der Waals surface area contributed by atoms with Gasteiger partial charge in [0.05, 0.1) is 16.2 Å². The third-order valence-electron chi connectivity index (χ3n) is 3.70. The second kappa shape index (κ2) is 10.9. The number of nitrogens with one attached hydrogen (secondary N) is 2. The first-order valence-electron chi connectivity index (χ1n) is 9.17. The molecule has 166 valence electrons. The standard InChI is InChI=1S/C20H23N3O6S2/c1-13(2)22-19(25)12-30-17-9-4-3-8-16(17)20(26)29-11-18(24)23-14-6-5-7-15(10-14)31(21,27)28/h3-10,13H,11-12H2,1-2H3,(H,22,25)(H,23,24)(H2,21,27,28). The molecule has 0 atom stereocenters. The van der Waals surface area contributed by atoms with Gasteiger partial charge in [0.1, 0.15) is 0 Å². The van der Waals surface area contributed by atoms with Crippen molar-refractivity contribution in [1.29, 1.82) is 0 Å². The lowest BCUT2D eigenvalue weighted by Gasteiger charge is -2.11. The Morgan fingerprint density at radius 2 is 1.77 bits per heavy atom. The molecular weight excluding hydrogens is 442 g/mol. The van der Waals surface area contributed by atoms with Crippen LogP contribution in [0.15, 0.2) is 58.3 Å². The van der Waals surface area contributed by atoms with Crippen LogP contribution >= 0.6 is 11.8 Å². The van der Waals surface area contributed by atoms with Crippen molar-refractivity contribution in [2.24, 2.45) is 5.14 Å². The molecule has 0 saturated heterocycles. The maximum atomic E-state index is 12.4. The highest BCUT2D eigenvalue weighted by Gasteiger charge is 2.16. The molecule has 0 heterocycles. The summed E-state index contributed by atoms with van der Waals surface area (Å²) in [5.41, 5.74) is 0.425. The number of rotatable bonds is 9. The van der Waals surface area contributed by atoms with Gasteiger partial charge in [-0.05, 0) is 44.2 Å². The van der Waals surface area contributed by atoms with Crippen LogP contribution in [0.5, 0.6) is 0 Å². The summed E-state index contributed by atoms with van der Waals surface area (Å²) >= 11 is 1.18. The van der Waals surface area contributed by atoms with E-state index in [1.54, 1.807) is 24.3 Å². The predicted octanol–water partition coefficient (Wildman–Crippen LogP) is 1.75. The molecule has 0 aromatic heterocycles. The molecule has 2 amide bonds. The summed E-state index contributed by atoms with van der Waals surface area (Å²) in [5.74, 6) is -1.41. The highest BCUT2D eigenvalue weighted by Crippen LogP contribution is 2.23. The zero-order valence-electron chi connectivity index (χ0n) is 17.0. The van der Waals surface area contributed by atoms with Crippen LogP contribution in [0.2, 0.25) is 0 Å². The molecule has 0 aliphatic heterocycles. The van der Waals surface area contributed by atoms with Crippen molar-refractivity contribution in [3.05, 3.63) is 54.1 Å². The molecule has 0 bridgehead atoms. The average Bonchev–Trinajstić information content (AvgIpc) is 2.70. The summed E-state index contributed by atoms with van der Waals surface area (Å²) < 4.78 is 27.8. The molecule has 31 heavy (non-hydrogen) atoms. The van der Waals surface area contributed by atoms with E-state index in [1.165, 1.54) is 36.0 Å². The van der Waals surface area contributed by atoms with Crippen molar-refractivity contribution in [3.8, 4) is 0 Å². The molecule has 0 aliphatic rings. The summed E-state index contributed by atoms with van der Waals surface area (Å²) in [7, 11) is -3.91. The van der Waals surface area contributed by atoms with E-state index in [0.717, 1.165) is 0 Å². The summed E-state index contributed by atoms with van der Waals surface area (Å²) in [5, 5.41) is 10.3. The van der Waals surface area contributed by atoms with E-state index in [1.807, 2.05) is 13.8 Å². The third-order valence-corrected chi connectivity index (χ3v) is 5.68. The molecule has 2 rings (SSSR count). The van der Waals surface area contributed by atoms with E-state index in [9.17, 15) is 22.8 Å². The normalized spacial score (nSPS) is 11.1. The van der Waals surface area contributed by atoms with Gasteiger partial charge in [0, 0.05) is 16.6 Å². The smallest absolute Gasteiger partial charge is 0.339 e. The number of anilines is 1. The van der Waals surface area contributed by atoms with Crippen LogP contribution in [0, 0.1) is 0 Å². The first kappa shape index (κ1) is 24.4. The molecular formula is C20H23N3O6S2. The summed E-state index contributed by atoms with van der Waals surface area (Å²) in [6.07, 6.45) is 0. The van der Waals surface area contributed by atoms with Crippen molar-refractivity contribution < 1.29 is 27.5 Å². The van der Waals surface area contributed by atoms with Gasteiger partial charge in [0.25, 0.3) is 5.91 Å². The number of benzene rings is 2. The molecule has 0 aliphatic carbocycles. The number of sulfonamides is 1. The minimum Gasteiger partial charge on any atom is -0.452 e. The van der Waals surface area contributed by atoms with Gasteiger partial charge in [-0.15, -0.1) is 11.8 Å². The maximum Gasteiger partial charge on any atom is 0.339 e. The monoisotopic (exact) mass is 465 g/mol. The number of ether oxygens (including phenoxy) is 1. The van der Waals surface area contributed by atoms with Gasteiger partial charge in [-0.25, -0.2) is 18.4 Å². The Bertz CT molecular complexity index is 1070. The molecule has 0 fully saturated rings. The Hall–Kier alpha value is -2.89. The van der Waals surface area contributed by atoms with Crippen LogP contribution in [-0.4, -0.2) is 44.6 Å². The first-order chi connectivity index (χ1) is 14.6. The van der Waals surface area contributed by atoms with Gasteiger partial charge in [-0.2, -0.15) is 0 Å². The van der Waals surface area contributed by atoms with Crippen LogP contribution in [0.3, 0.4) is 0 Å². The van der Waals surface area contributed by atoms with Crippen molar-refractivity contribution in [1.82, 2.24) is 5.32 Å². The lowest BCUT2D eigenvalue weighted by molar-refractivity contribution is -0.119. The zero-order chi connectivity index (χ0) is 23.0. The van der Waals surface area contributed by atoms with E-state index in [4.69, 9.17) is 9.88 Å².